The van der Waals surface area contributed by atoms with E-state index in [1.165, 1.54) is 0 Å². The highest BCUT2D eigenvalue weighted by Gasteiger charge is 2.10. The SMILES string of the molecule is CCCCC(COC)NC(=O)CCCNC. The number of ether oxygens (including phenoxy) is 1. The number of carbonyl (C=O) groups is 1. The molecule has 1 unspecified atom stereocenters. The summed E-state index contributed by atoms with van der Waals surface area (Å²) in [6.07, 6.45) is 4.76. The lowest BCUT2D eigenvalue weighted by Gasteiger charge is -2.17. The maximum absolute atomic E-state index is 11.6. The molecule has 0 radical (unpaired) electrons. The number of hydrogen-bond donors (Lipinski definition) is 2. The van der Waals surface area contributed by atoms with Gasteiger partial charge in [0, 0.05) is 13.5 Å². The molecule has 16 heavy (non-hydrogen) atoms. The van der Waals surface area contributed by atoms with Crippen LogP contribution in [0.15, 0.2) is 0 Å². The normalized spacial score (nSPS) is 12.4. The van der Waals surface area contributed by atoms with Crippen molar-refractivity contribution in [1.29, 1.82) is 0 Å². The van der Waals surface area contributed by atoms with Crippen LogP contribution in [-0.2, 0) is 9.53 Å². The zero-order valence-electron chi connectivity index (χ0n) is 10.8. The molecule has 2 N–H and O–H groups in total. The summed E-state index contributed by atoms with van der Waals surface area (Å²) in [4.78, 5) is 11.6. The van der Waals surface area contributed by atoms with Crippen molar-refractivity contribution < 1.29 is 9.53 Å². The molecule has 4 nitrogen and oxygen atoms in total. The Morgan fingerprint density at radius 2 is 2.12 bits per heavy atom. The third kappa shape index (κ3) is 8.68. The molecule has 0 aliphatic carbocycles. The van der Waals surface area contributed by atoms with Gasteiger partial charge in [0.1, 0.15) is 0 Å². The zero-order chi connectivity index (χ0) is 12.2. The Bertz CT molecular complexity index is 174. The minimum atomic E-state index is 0.133. The summed E-state index contributed by atoms with van der Waals surface area (Å²) in [5, 5.41) is 6.05. The minimum absolute atomic E-state index is 0.133. The Balaban J connectivity index is 3.73. The van der Waals surface area contributed by atoms with Gasteiger partial charge in [0.05, 0.1) is 12.6 Å². The molecule has 1 atom stereocenters. The first-order valence-corrected chi connectivity index (χ1v) is 6.17. The van der Waals surface area contributed by atoms with Crippen LogP contribution in [0.4, 0.5) is 0 Å². The molecule has 0 saturated carbocycles. The lowest BCUT2D eigenvalue weighted by atomic mass is 10.1. The van der Waals surface area contributed by atoms with E-state index in [0.29, 0.717) is 13.0 Å². The molecule has 0 spiro atoms. The maximum Gasteiger partial charge on any atom is 0.220 e. The van der Waals surface area contributed by atoms with Gasteiger partial charge in [0.25, 0.3) is 0 Å². The topological polar surface area (TPSA) is 50.4 Å². The lowest BCUT2D eigenvalue weighted by molar-refractivity contribution is -0.122. The standard InChI is InChI=1S/C12H26N2O2/c1-4-5-7-11(10-16-3)14-12(15)8-6-9-13-2/h11,13H,4-10H2,1-3H3,(H,14,15). The van der Waals surface area contributed by atoms with Gasteiger partial charge in [-0.25, -0.2) is 0 Å². The summed E-state index contributed by atoms with van der Waals surface area (Å²) >= 11 is 0. The average Bonchev–Trinajstić information content (AvgIpc) is 2.26. The van der Waals surface area contributed by atoms with Crippen molar-refractivity contribution in [2.45, 2.75) is 45.1 Å². The van der Waals surface area contributed by atoms with E-state index < -0.39 is 0 Å². The predicted molar refractivity (Wildman–Crippen MR) is 66.5 cm³/mol. The zero-order valence-corrected chi connectivity index (χ0v) is 10.8. The molecule has 96 valence electrons. The van der Waals surface area contributed by atoms with E-state index in [1.54, 1.807) is 7.11 Å². The molecule has 0 aliphatic heterocycles. The van der Waals surface area contributed by atoms with Gasteiger partial charge in [0.15, 0.2) is 0 Å². The van der Waals surface area contributed by atoms with Crippen molar-refractivity contribution in [3.63, 3.8) is 0 Å². The van der Waals surface area contributed by atoms with Crippen LogP contribution >= 0.6 is 0 Å². The van der Waals surface area contributed by atoms with E-state index in [9.17, 15) is 4.79 Å². The summed E-state index contributed by atoms with van der Waals surface area (Å²) in [6, 6.07) is 0.173. The van der Waals surface area contributed by atoms with Gasteiger partial charge in [-0.1, -0.05) is 19.8 Å². The van der Waals surface area contributed by atoms with Gasteiger partial charge in [-0.05, 0) is 26.4 Å². The highest BCUT2D eigenvalue weighted by molar-refractivity contribution is 5.76. The van der Waals surface area contributed by atoms with E-state index in [0.717, 1.165) is 32.2 Å². The van der Waals surface area contributed by atoms with Gasteiger partial charge in [0.2, 0.25) is 5.91 Å². The van der Waals surface area contributed by atoms with Crippen LogP contribution in [0, 0.1) is 0 Å². The molecule has 0 aliphatic rings. The molecule has 0 aromatic carbocycles. The molecular weight excluding hydrogens is 204 g/mol. The number of methoxy groups -OCH3 is 1. The van der Waals surface area contributed by atoms with Gasteiger partial charge in [-0.2, -0.15) is 0 Å². The van der Waals surface area contributed by atoms with Gasteiger partial charge in [-0.3, -0.25) is 4.79 Å². The van der Waals surface area contributed by atoms with Gasteiger partial charge < -0.3 is 15.4 Å². The van der Waals surface area contributed by atoms with Crippen LogP contribution in [0.25, 0.3) is 0 Å². The number of unbranched alkanes of at least 4 members (excludes halogenated alkanes) is 1. The molecule has 0 rings (SSSR count). The number of rotatable bonds is 10. The molecule has 0 saturated heterocycles. The Kier molecular flexibility index (Phi) is 10.5. The summed E-state index contributed by atoms with van der Waals surface area (Å²) in [6.45, 7) is 3.65. The van der Waals surface area contributed by atoms with Crippen molar-refractivity contribution in [3.8, 4) is 0 Å². The number of amides is 1. The fraction of sp³-hybridized carbons (Fsp3) is 0.917. The molecular formula is C12H26N2O2. The highest BCUT2D eigenvalue weighted by atomic mass is 16.5. The average molecular weight is 230 g/mol. The first-order valence-electron chi connectivity index (χ1n) is 6.17. The predicted octanol–water partition coefficient (Wildman–Crippen LogP) is 1.31. The monoisotopic (exact) mass is 230 g/mol. The fourth-order valence-corrected chi connectivity index (χ4v) is 1.57. The van der Waals surface area contributed by atoms with Crippen molar-refractivity contribution in [1.82, 2.24) is 10.6 Å². The van der Waals surface area contributed by atoms with E-state index in [2.05, 4.69) is 17.6 Å². The minimum Gasteiger partial charge on any atom is -0.383 e. The van der Waals surface area contributed by atoms with Crippen LogP contribution in [0.5, 0.6) is 0 Å². The van der Waals surface area contributed by atoms with Gasteiger partial charge >= 0.3 is 0 Å². The smallest absolute Gasteiger partial charge is 0.220 e. The molecule has 4 heteroatoms. The molecule has 1 amide bonds. The van der Waals surface area contributed by atoms with Crippen LogP contribution in [-0.4, -0.2) is 39.3 Å². The van der Waals surface area contributed by atoms with E-state index in [1.807, 2.05) is 7.05 Å². The van der Waals surface area contributed by atoms with E-state index in [4.69, 9.17) is 4.74 Å². The fourth-order valence-electron chi connectivity index (χ4n) is 1.57. The second-order valence-corrected chi connectivity index (χ2v) is 4.07. The largest absolute Gasteiger partial charge is 0.383 e. The first-order chi connectivity index (χ1) is 7.74. The van der Waals surface area contributed by atoms with Crippen LogP contribution in [0.2, 0.25) is 0 Å². The molecule has 0 heterocycles. The van der Waals surface area contributed by atoms with Crippen molar-refractivity contribution in [2.75, 3.05) is 27.3 Å². The molecule has 0 fully saturated rings. The summed E-state index contributed by atoms with van der Waals surface area (Å²) in [5.74, 6) is 0.133. The van der Waals surface area contributed by atoms with Crippen molar-refractivity contribution in [2.24, 2.45) is 0 Å². The van der Waals surface area contributed by atoms with Crippen LogP contribution in [0.1, 0.15) is 39.0 Å². The molecule has 0 aromatic rings. The van der Waals surface area contributed by atoms with E-state index >= 15 is 0 Å². The van der Waals surface area contributed by atoms with Crippen molar-refractivity contribution in [3.05, 3.63) is 0 Å². The third-order valence-corrected chi connectivity index (χ3v) is 2.47. The Morgan fingerprint density at radius 3 is 2.69 bits per heavy atom. The number of hydrogen-bond acceptors (Lipinski definition) is 3. The summed E-state index contributed by atoms with van der Waals surface area (Å²) in [7, 11) is 3.57. The van der Waals surface area contributed by atoms with Crippen molar-refractivity contribution >= 4 is 5.91 Å². The number of carbonyl (C=O) groups excluding carboxylic acids is 1. The Morgan fingerprint density at radius 1 is 1.38 bits per heavy atom. The Labute approximate surface area is 99.1 Å². The van der Waals surface area contributed by atoms with Crippen LogP contribution < -0.4 is 10.6 Å². The lowest BCUT2D eigenvalue weighted by Crippen LogP contribution is -2.38. The molecule has 0 aromatic heterocycles. The van der Waals surface area contributed by atoms with Crippen LogP contribution in [0.3, 0.4) is 0 Å². The first kappa shape index (κ1) is 15.4. The maximum atomic E-state index is 11.6. The third-order valence-electron chi connectivity index (χ3n) is 2.47. The summed E-state index contributed by atoms with van der Waals surface area (Å²) < 4.78 is 5.10. The molecule has 0 bridgehead atoms. The second kappa shape index (κ2) is 10.9. The Hall–Kier alpha value is -0.610. The number of nitrogens with one attached hydrogen (secondary N) is 2. The highest BCUT2D eigenvalue weighted by Crippen LogP contribution is 2.02. The second-order valence-electron chi connectivity index (χ2n) is 4.07. The quantitative estimate of drug-likeness (QED) is 0.556. The van der Waals surface area contributed by atoms with E-state index in [-0.39, 0.29) is 11.9 Å². The summed E-state index contributed by atoms with van der Waals surface area (Å²) in [5.41, 5.74) is 0. The van der Waals surface area contributed by atoms with Gasteiger partial charge in [-0.15, -0.1) is 0 Å².